The minimum Gasteiger partial charge on any atom is -0.478 e. The average molecular weight is 374 g/mol. The van der Waals surface area contributed by atoms with Crippen molar-refractivity contribution in [3.63, 3.8) is 0 Å². The van der Waals surface area contributed by atoms with Crippen LogP contribution in [0.15, 0.2) is 41.3 Å². The van der Waals surface area contributed by atoms with Crippen LogP contribution in [0.1, 0.15) is 10.4 Å². The Labute approximate surface area is 157 Å². The van der Waals surface area contributed by atoms with E-state index in [2.05, 4.69) is 4.98 Å². The Morgan fingerprint density at radius 3 is 2.65 bits per heavy atom. The highest BCUT2D eigenvalue weighted by Gasteiger charge is 2.21. The first kappa shape index (κ1) is 18.7. The van der Waals surface area contributed by atoms with Crippen molar-refractivity contribution in [2.75, 3.05) is 44.6 Å². The predicted octanol–water partition coefficient (Wildman–Crippen LogP) is 3.02. The number of hydrogen-bond donors (Lipinski definition) is 1. The van der Waals surface area contributed by atoms with Crippen molar-refractivity contribution in [3.05, 3.63) is 42.0 Å². The third kappa shape index (κ3) is 4.35. The van der Waals surface area contributed by atoms with Crippen LogP contribution in [0.3, 0.4) is 0 Å². The van der Waals surface area contributed by atoms with E-state index in [-0.39, 0.29) is 11.7 Å². The number of carboxylic acid groups (broad SMARTS) is 1. The maximum atomic E-state index is 11.6. The van der Waals surface area contributed by atoms with E-state index in [1.165, 1.54) is 4.90 Å². The molecule has 1 aromatic heterocycles. The summed E-state index contributed by atoms with van der Waals surface area (Å²) in [4.78, 5) is 19.2. The summed E-state index contributed by atoms with van der Waals surface area (Å²) in [6.45, 7) is 2.17. The molecule has 7 heteroatoms. The smallest absolute Gasteiger partial charge is 0.339 e. The molecule has 26 heavy (non-hydrogen) atoms. The second-order valence-electron chi connectivity index (χ2n) is 6.05. The maximum absolute atomic E-state index is 11.6. The van der Waals surface area contributed by atoms with Crippen molar-refractivity contribution in [2.45, 2.75) is 11.0 Å². The van der Waals surface area contributed by atoms with Crippen LogP contribution in [0.4, 0.5) is 5.82 Å². The van der Waals surface area contributed by atoms with E-state index >= 15 is 0 Å². The Bertz CT molecular complexity index is 761. The molecule has 0 saturated carbocycles. The molecule has 3 rings (SSSR count). The van der Waals surface area contributed by atoms with Crippen molar-refractivity contribution in [3.8, 4) is 11.3 Å². The lowest BCUT2D eigenvalue weighted by atomic mass is 10.1. The molecule has 6 nitrogen and oxygen atoms in total. The number of pyridine rings is 1. The molecule has 1 aliphatic rings. The molecule has 2 heterocycles. The molecule has 138 valence electrons. The number of anilines is 1. The van der Waals surface area contributed by atoms with Gasteiger partial charge in [-0.1, -0.05) is 12.1 Å². The van der Waals surface area contributed by atoms with E-state index in [0.29, 0.717) is 32.2 Å². The minimum absolute atomic E-state index is 0.0956. The first-order chi connectivity index (χ1) is 12.6. The van der Waals surface area contributed by atoms with Crippen molar-refractivity contribution >= 4 is 23.5 Å². The molecular formula is C19H22N2O4S. The lowest BCUT2D eigenvalue weighted by Crippen LogP contribution is -2.39. The Balaban J connectivity index is 1.88. The van der Waals surface area contributed by atoms with Gasteiger partial charge in [0.25, 0.3) is 0 Å². The molecule has 1 saturated heterocycles. The second kappa shape index (κ2) is 8.53. The van der Waals surface area contributed by atoms with Crippen molar-refractivity contribution in [1.82, 2.24) is 4.98 Å². The Morgan fingerprint density at radius 2 is 2.04 bits per heavy atom. The van der Waals surface area contributed by atoms with Crippen LogP contribution in [0.25, 0.3) is 11.3 Å². The summed E-state index contributed by atoms with van der Waals surface area (Å²) in [6, 6.07) is 11.4. The zero-order valence-electron chi connectivity index (χ0n) is 14.8. The molecule has 1 N–H and O–H groups in total. The molecular weight excluding hydrogens is 352 g/mol. The van der Waals surface area contributed by atoms with Gasteiger partial charge in [0.2, 0.25) is 0 Å². The molecule has 2 aromatic rings. The zero-order chi connectivity index (χ0) is 18.5. The number of ether oxygens (including phenoxy) is 2. The fourth-order valence-corrected chi connectivity index (χ4v) is 3.27. The number of aromatic nitrogens is 1. The highest BCUT2D eigenvalue weighted by Crippen LogP contribution is 2.26. The van der Waals surface area contributed by atoms with Gasteiger partial charge in [-0.05, 0) is 30.5 Å². The van der Waals surface area contributed by atoms with Crippen LogP contribution in [-0.2, 0) is 9.47 Å². The van der Waals surface area contributed by atoms with E-state index in [4.69, 9.17) is 9.47 Å². The summed E-state index contributed by atoms with van der Waals surface area (Å²) >= 11 is 1.67. The van der Waals surface area contributed by atoms with E-state index < -0.39 is 5.97 Å². The molecule has 0 spiro atoms. The van der Waals surface area contributed by atoms with Gasteiger partial charge >= 0.3 is 5.97 Å². The first-order valence-electron chi connectivity index (χ1n) is 8.37. The van der Waals surface area contributed by atoms with Crippen LogP contribution in [-0.4, -0.2) is 61.8 Å². The summed E-state index contributed by atoms with van der Waals surface area (Å²) in [6.07, 6.45) is 1.93. The molecule has 1 atom stereocenters. The number of thioether (sulfide) groups is 1. The van der Waals surface area contributed by atoms with E-state index in [9.17, 15) is 9.90 Å². The standard InChI is InChI=1S/C19H22N2O4S/c1-21(11-14-12-24-9-10-25-14)18-16(19(22)23)7-8-17(20-18)13-3-5-15(26-2)6-4-13/h3-8,14H,9-12H2,1-2H3,(H,22,23)/t14-/m1/s1. The number of nitrogens with zero attached hydrogens (tertiary/aromatic N) is 2. The molecule has 0 unspecified atom stereocenters. The van der Waals surface area contributed by atoms with Crippen LogP contribution >= 0.6 is 11.8 Å². The van der Waals surface area contributed by atoms with Gasteiger partial charge in [-0.15, -0.1) is 11.8 Å². The van der Waals surface area contributed by atoms with Gasteiger partial charge in [0, 0.05) is 24.1 Å². The Morgan fingerprint density at radius 1 is 1.27 bits per heavy atom. The van der Waals surface area contributed by atoms with Gasteiger partial charge in [0.15, 0.2) is 0 Å². The number of carboxylic acids is 1. The van der Waals surface area contributed by atoms with Gasteiger partial charge in [0.1, 0.15) is 11.4 Å². The number of likely N-dealkylation sites (N-methyl/N-ethyl adjacent to an activating group) is 1. The number of hydrogen-bond acceptors (Lipinski definition) is 6. The first-order valence-corrected chi connectivity index (χ1v) is 9.60. The SMILES string of the molecule is CSc1ccc(-c2ccc(C(=O)O)c(N(C)C[C@@H]3COCCO3)n2)cc1. The number of rotatable bonds is 6. The van der Waals surface area contributed by atoms with Gasteiger partial charge in [-0.2, -0.15) is 0 Å². The van der Waals surface area contributed by atoms with E-state index in [1.54, 1.807) is 23.9 Å². The van der Waals surface area contributed by atoms with Gasteiger partial charge in [-0.25, -0.2) is 9.78 Å². The summed E-state index contributed by atoms with van der Waals surface area (Å²) in [5.41, 5.74) is 1.87. The number of carbonyl (C=O) groups is 1. The topological polar surface area (TPSA) is 71.9 Å². The van der Waals surface area contributed by atoms with Crippen molar-refractivity contribution in [2.24, 2.45) is 0 Å². The van der Waals surface area contributed by atoms with Crippen molar-refractivity contribution in [1.29, 1.82) is 0 Å². The van der Waals surface area contributed by atoms with Crippen molar-refractivity contribution < 1.29 is 19.4 Å². The molecule has 1 aliphatic heterocycles. The third-order valence-corrected chi connectivity index (χ3v) is 4.96. The molecule has 0 aliphatic carbocycles. The lowest BCUT2D eigenvalue weighted by molar-refractivity contribution is -0.0837. The Hall–Kier alpha value is -2.09. The summed E-state index contributed by atoms with van der Waals surface area (Å²) in [7, 11) is 1.83. The van der Waals surface area contributed by atoms with E-state index in [0.717, 1.165) is 11.3 Å². The summed E-state index contributed by atoms with van der Waals surface area (Å²) in [5, 5.41) is 9.52. The van der Waals surface area contributed by atoms with Gasteiger partial charge < -0.3 is 19.5 Å². The van der Waals surface area contributed by atoms with Gasteiger partial charge in [0.05, 0.1) is 31.6 Å². The molecule has 0 amide bonds. The average Bonchev–Trinajstić information content (AvgIpc) is 2.68. The summed E-state index contributed by atoms with van der Waals surface area (Å²) in [5.74, 6) is -0.567. The Kier molecular flexibility index (Phi) is 6.13. The fraction of sp³-hybridized carbons (Fsp3) is 0.368. The molecule has 1 aromatic carbocycles. The maximum Gasteiger partial charge on any atom is 0.339 e. The predicted molar refractivity (Wildman–Crippen MR) is 102 cm³/mol. The molecule has 0 radical (unpaired) electrons. The second-order valence-corrected chi connectivity index (χ2v) is 6.93. The normalized spacial score (nSPS) is 17.1. The van der Waals surface area contributed by atoms with Gasteiger partial charge in [-0.3, -0.25) is 0 Å². The zero-order valence-corrected chi connectivity index (χ0v) is 15.7. The molecule has 0 bridgehead atoms. The number of benzene rings is 1. The van der Waals surface area contributed by atoms with Crippen LogP contribution < -0.4 is 4.90 Å². The lowest BCUT2D eigenvalue weighted by Gasteiger charge is -2.28. The summed E-state index contributed by atoms with van der Waals surface area (Å²) < 4.78 is 11.1. The third-order valence-electron chi connectivity index (χ3n) is 4.22. The van der Waals surface area contributed by atoms with Crippen LogP contribution in [0.2, 0.25) is 0 Å². The highest BCUT2D eigenvalue weighted by molar-refractivity contribution is 7.98. The van der Waals surface area contributed by atoms with Crippen LogP contribution in [0, 0.1) is 0 Å². The highest BCUT2D eigenvalue weighted by atomic mass is 32.2. The quantitative estimate of drug-likeness (QED) is 0.779. The van der Waals surface area contributed by atoms with E-state index in [1.807, 2.05) is 42.5 Å². The molecule has 1 fully saturated rings. The monoisotopic (exact) mass is 374 g/mol. The minimum atomic E-state index is -0.996. The number of aromatic carboxylic acids is 1. The largest absolute Gasteiger partial charge is 0.478 e. The fourth-order valence-electron chi connectivity index (χ4n) is 2.86. The van der Waals surface area contributed by atoms with Crippen LogP contribution in [0.5, 0.6) is 0 Å².